The molecule has 16 heavy (non-hydrogen) atoms. The number of nitrogens with zero attached hydrogens (tertiary/aromatic N) is 2. The van der Waals surface area contributed by atoms with E-state index >= 15 is 0 Å². The molecule has 0 amide bonds. The third-order valence-electron chi connectivity index (χ3n) is 3.32. The first-order valence-electron chi connectivity index (χ1n) is 6.43. The van der Waals surface area contributed by atoms with Crippen LogP contribution in [-0.2, 0) is 6.54 Å². The maximum absolute atomic E-state index is 4.23. The fraction of sp³-hybridized carbons (Fsp3) is 0.692. The molecule has 3 nitrogen and oxygen atoms in total. The summed E-state index contributed by atoms with van der Waals surface area (Å²) in [5.41, 5.74) is 1.09. The summed E-state index contributed by atoms with van der Waals surface area (Å²) < 4.78 is 0. The minimum Gasteiger partial charge on any atom is -0.308 e. The van der Waals surface area contributed by atoms with Crippen LogP contribution in [0.3, 0.4) is 0 Å². The lowest BCUT2D eigenvalue weighted by Crippen LogP contribution is -2.29. The highest BCUT2D eigenvalue weighted by atomic mass is 14.9. The van der Waals surface area contributed by atoms with E-state index < -0.39 is 0 Å². The molecule has 3 heteroatoms. The molecule has 0 aliphatic heterocycles. The van der Waals surface area contributed by atoms with Gasteiger partial charge in [-0.2, -0.15) is 0 Å². The summed E-state index contributed by atoms with van der Waals surface area (Å²) in [5, 5.41) is 3.62. The summed E-state index contributed by atoms with van der Waals surface area (Å²) in [5.74, 6) is 0. The number of aromatic nitrogens is 2. The Bertz CT molecular complexity index is 278. The Kier molecular flexibility index (Phi) is 4.74. The Labute approximate surface area is 97.7 Å². The van der Waals surface area contributed by atoms with Gasteiger partial charge in [0, 0.05) is 18.8 Å². The first-order valence-corrected chi connectivity index (χ1v) is 6.43. The van der Waals surface area contributed by atoms with Crippen LogP contribution in [0.5, 0.6) is 0 Å². The highest BCUT2D eigenvalue weighted by Gasteiger charge is 2.10. The molecule has 0 bridgehead atoms. The molecule has 1 aliphatic carbocycles. The van der Waals surface area contributed by atoms with Crippen molar-refractivity contribution in [1.29, 1.82) is 0 Å². The molecule has 1 N–H and O–H groups in total. The number of hydrogen-bond acceptors (Lipinski definition) is 3. The molecule has 1 aliphatic rings. The molecular formula is C13H21N3. The minimum atomic E-state index is 0.690. The van der Waals surface area contributed by atoms with Crippen LogP contribution >= 0.6 is 0 Å². The zero-order valence-electron chi connectivity index (χ0n) is 9.86. The highest BCUT2D eigenvalue weighted by Crippen LogP contribution is 2.17. The van der Waals surface area contributed by atoms with Crippen LogP contribution in [-0.4, -0.2) is 16.0 Å². The van der Waals surface area contributed by atoms with Crippen molar-refractivity contribution in [3.05, 3.63) is 24.3 Å². The Morgan fingerprint density at radius 3 is 2.56 bits per heavy atom. The SMILES string of the molecule is c1cc(CNC2CCCCCCC2)ncn1. The van der Waals surface area contributed by atoms with Crippen molar-refractivity contribution < 1.29 is 0 Å². The maximum Gasteiger partial charge on any atom is 0.115 e. The van der Waals surface area contributed by atoms with Crippen molar-refractivity contribution in [1.82, 2.24) is 15.3 Å². The van der Waals surface area contributed by atoms with Gasteiger partial charge < -0.3 is 5.32 Å². The molecule has 88 valence electrons. The van der Waals surface area contributed by atoms with Crippen LogP contribution < -0.4 is 5.32 Å². The molecule has 1 fully saturated rings. The molecule has 0 spiro atoms. The molecule has 1 saturated carbocycles. The molecule has 1 aromatic rings. The molecule has 2 rings (SSSR count). The Morgan fingerprint density at radius 1 is 1.12 bits per heavy atom. The molecule has 1 heterocycles. The first-order chi connectivity index (χ1) is 7.95. The fourth-order valence-electron chi connectivity index (χ4n) is 2.33. The predicted octanol–water partition coefficient (Wildman–Crippen LogP) is 2.68. The summed E-state index contributed by atoms with van der Waals surface area (Å²) in [6, 6.07) is 2.67. The van der Waals surface area contributed by atoms with Gasteiger partial charge >= 0.3 is 0 Å². The van der Waals surface area contributed by atoms with Gasteiger partial charge in [0.15, 0.2) is 0 Å². The van der Waals surface area contributed by atoms with Gasteiger partial charge in [-0.1, -0.05) is 32.1 Å². The van der Waals surface area contributed by atoms with E-state index in [1.54, 1.807) is 6.33 Å². The fourth-order valence-corrected chi connectivity index (χ4v) is 2.33. The highest BCUT2D eigenvalue weighted by molar-refractivity contribution is 4.97. The smallest absolute Gasteiger partial charge is 0.115 e. The van der Waals surface area contributed by atoms with Crippen molar-refractivity contribution in [2.45, 2.75) is 57.5 Å². The minimum absolute atomic E-state index is 0.690. The van der Waals surface area contributed by atoms with Gasteiger partial charge in [0.1, 0.15) is 6.33 Å². The van der Waals surface area contributed by atoms with Gasteiger partial charge in [0.25, 0.3) is 0 Å². The second kappa shape index (κ2) is 6.59. The largest absolute Gasteiger partial charge is 0.308 e. The molecule has 0 aromatic carbocycles. The average molecular weight is 219 g/mol. The predicted molar refractivity (Wildman–Crippen MR) is 65.0 cm³/mol. The van der Waals surface area contributed by atoms with E-state index in [1.807, 2.05) is 12.3 Å². The van der Waals surface area contributed by atoms with Gasteiger partial charge in [0.05, 0.1) is 5.69 Å². The van der Waals surface area contributed by atoms with Gasteiger partial charge in [-0.3, -0.25) is 0 Å². The Balaban J connectivity index is 1.75. The lowest BCUT2D eigenvalue weighted by Gasteiger charge is -2.20. The van der Waals surface area contributed by atoms with Gasteiger partial charge in [-0.15, -0.1) is 0 Å². The lowest BCUT2D eigenvalue weighted by atomic mass is 9.97. The second-order valence-electron chi connectivity index (χ2n) is 4.62. The normalized spacial score (nSPS) is 19.0. The van der Waals surface area contributed by atoms with Crippen molar-refractivity contribution in [2.75, 3.05) is 0 Å². The van der Waals surface area contributed by atoms with Crippen molar-refractivity contribution in [2.24, 2.45) is 0 Å². The van der Waals surface area contributed by atoms with E-state index in [9.17, 15) is 0 Å². The lowest BCUT2D eigenvalue weighted by molar-refractivity contribution is 0.387. The third kappa shape index (κ3) is 3.89. The van der Waals surface area contributed by atoms with E-state index in [-0.39, 0.29) is 0 Å². The number of nitrogens with one attached hydrogen (secondary N) is 1. The van der Waals surface area contributed by atoms with Gasteiger partial charge in [-0.25, -0.2) is 9.97 Å². The summed E-state index contributed by atoms with van der Waals surface area (Å²) >= 11 is 0. The van der Waals surface area contributed by atoms with Crippen molar-refractivity contribution in [3.63, 3.8) is 0 Å². The summed E-state index contributed by atoms with van der Waals surface area (Å²) in [4.78, 5) is 8.16. The second-order valence-corrected chi connectivity index (χ2v) is 4.62. The van der Waals surface area contributed by atoms with Crippen LogP contribution in [0, 0.1) is 0 Å². The van der Waals surface area contributed by atoms with Gasteiger partial charge in [0.2, 0.25) is 0 Å². The quantitative estimate of drug-likeness (QED) is 0.849. The zero-order chi connectivity index (χ0) is 11.1. The molecular weight excluding hydrogens is 198 g/mol. The molecule has 0 radical (unpaired) electrons. The molecule has 0 unspecified atom stereocenters. The molecule has 0 saturated heterocycles. The van der Waals surface area contributed by atoms with Gasteiger partial charge in [-0.05, 0) is 18.9 Å². The van der Waals surface area contributed by atoms with Crippen LogP contribution in [0.2, 0.25) is 0 Å². The topological polar surface area (TPSA) is 37.8 Å². The first kappa shape index (κ1) is 11.5. The Morgan fingerprint density at radius 2 is 1.88 bits per heavy atom. The van der Waals surface area contributed by atoms with Crippen LogP contribution in [0.25, 0.3) is 0 Å². The van der Waals surface area contributed by atoms with Crippen LogP contribution in [0.1, 0.15) is 50.6 Å². The monoisotopic (exact) mass is 219 g/mol. The number of rotatable bonds is 3. The average Bonchev–Trinajstić information content (AvgIpc) is 2.29. The van der Waals surface area contributed by atoms with E-state index in [0.717, 1.165) is 12.2 Å². The van der Waals surface area contributed by atoms with Crippen molar-refractivity contribution >= 4 is 0 Å². The Hall–Kier alpha value is -0.960. The van der Waals surface area contributed by atoms with E-state index in [0.29, 0.717) is 6.04 Å². The van der Waals surface area contributed by atoms with Crippen LogP contribution in [0.4, 0.5) is 0 Å². The summed E-state index contributed by atoms with van der Waals surface area (Å²) in [6.07, 6.45) is 13.1. The summed E-state index contributed by atoms with van der Waals surface area (Å²) in [7, 11) is 0. The standard InChI is InChI=1S/C13H21N3/c1-2-4-6-12(7-5-3-1)15-10-13-8-9-14-11-16-13/h8-9,11-12,15H,1-7,10H2. The van der Waals surface area contributed by atoms with Crippen molar-refractivity contribution in [3.8, 4) is 0 Å². The van der Waals surface area contributed by atoms with E-state index in [2.05, 4.69) is 15.3 Å². The number of hydrogen-bond donors (Lipinski definition) is 1. The zero-order valence-corrected chi connectivity index (χ0v) is 9.86. The molecule has 1 aromatic heterocycles. The third-order valence-corrected chi connectivity index (χ3v) is 3.32. The van der Waals surface area contributed by atoms with Crippen LogP contribution in [0.15, 0.2) is 18.6 Å². The maximum atomic E-state index is 4.23. The van der Waals surface area contributed by atoms with E-state index in [4.69, 9.17) is 0 Å². The van der Waals surface area contributed by atoms with E-state index in [1.165, 1.54) is 44.9 Å². The molecule has 0 atom stereocenters. The summed E-state index contributed by atoms with van der Waals surface area (Å²) in [6.45, 7) is 0.882.